The van der Waals surface area contributed by atoms with Crippen molar-refractivity contribution in [2.75, 3.05) is 14.7 Å². The first-order valence-corrected chi connectivity index (χ1v) is 22.9. The fourth-order valence-electron chi connectivity index (χ4n) is 9.91. The molecule has 12 aromatic carbocycles. The highest BCUT2D eigenvalue weighted by atomic mass is 15.2. The molecule has 3 heteroatoms. The number of benzene rings is 12. The summed E-state index contributed by atoms with van der Waals surface area (Å²) in [5, 5.41) is 7.41. The first-order valence-electron chi connectivity index (χ1n) is 22.9. The molecule has 3 nitrogen and oxygen atoms in total. The zero-order valence-corrected chi connectivity index (χ0v) is 36.8. The first kappa shape index (κ1) is 39.7. The van der Waals surface area contributed by atoms with Crippen molar-refractivity contribution < 1.29 is 0 Å². The second kappa shape index (κ2) is 17.2. The molecule has 0 saturated carbocycles. The van der Waals surface area contributed by atoms with Gasteiger partial charge in [-0.05, 0) is 170 Å². The van der Waals surface area contributed by atoms with Crippen LogP contribution in [0.4, 0.5) is 51.2 Å². The maximum absolute atomic E-state index is 2.43. The van der Waals surface area contributed by atoms with Crippen molar-refractivity contribution in [3.8, 4) is 22.3 Å². The van der Waals surface area contributed by atoms with E-state index in [-0.39, 0.29) is 0 Å². The summed E-state index contributed by atoms with van der Waals surface area (Å²) in [5.41, 5.74) is 14.7. The lowest BCUT2D eigenvalue weighted by atomic mass is 9.85. The first-order chi connectivity index (χ1) is 33.2. The minimum atomic E-state index is 1.10. The molecule has 0 aliphatic heterocycles. The molecule has 0 radical (unpaired) electrons. The Hall–Kier alpha value is -8.92. The Balaban J connectivity index is 1.07. The van der Waals surface area contributed by atoms with Crippen LogP contribution in [0.3, 0.4) is 0 Å². The Bertz CT molecular complexity index is 3460. The fraction of sp³-hybridized carbons (Fsp3) is 0. The highest BCUT2D eigenvalue weighted by molar-refractivity contribution is 6.29. The summed E-state index contributed by atoms with van der Waals surface area (Å²) in [4.78, 5) is 7.02. The monoisotopic (exact) mass is 855 g/mol. The summed E-state index contributed by atoms with van der Waals surface area (Å²) < 4.78 is 0. The van der Waals surface area contributed by atoms with Gasteiger partial charge in [-0.1, -0.05) is 158 Å². The minimum Gasteiger partial charge on any atom is -0.311 e. The van der Waals surface area contributed by atoms with E-state index in [1.807, 2.05) is 0 Å². The standard InChI is InChI=1S/C64H45N3/c1-7-21-50(22-8-1)65(51-23-9-2-10-24-51)56-38-34-46(35-39-56)61-45-62(47-20-19-33-57(42-47)66(52-25-11-3-12-26-52)53-27-13-4-14-28-53)60-41-37-49-44-58(43-48-36-40-59(61)64(60)63(48)49)67(54-29-15-5-16-30-54)55-31-17-6-18-32-55/h1-45H. The highest BCUT2D eigenvalue weighted by Gasteiger charge is 2.21. The Kier molecular flexibility index (Phi) is 10.2. The largest absolute Gasteiger partial charge is 0.311 e. The molecule has 12 aromatic rings. The lowest BCUT2D eigenvalue weighted by Crippen LogP contribution is -2.10. The van der Waals surface area contributed by atoms with Gasteiger partial charge in [0.15, 0.2) is 0 Å². The maximum Gasteiger partial charge on any atom is 0.0473 e. The molecule has 0 bridgehead atoms. The van der Waals surface area contributed by atoms with Crippen molar-refractivity contribution in [3.63, 3.8) is 0 Å². The van der Waals surface area contributed by atoms with Crippen molar-refractivity contribution in [2.24, 2.45) is 0 Å². The summed E-state index contributed by atoms with van der Waals surface area (Å²) >= 11 is 0. The number of hydrogen-bond donors (Lipinski definition) is 0. The van der Waals surface area contributed by atoms with Crippen molar-refractivity contribution in [3.05, 3.63) is 273 Å². The molecular weight excluding hydrogens is 811 g/mol. The lowest BCUT2D eigenvalue weighted by Gasteiger charge is -2.27. The van der Waals surface area contributed by atoms with Crippen LogP contribution in [0.5, 0.6) is 0 Å². The molecule has 0 aromatic heterocycles. The summed E-state index contributed by atoms with van der Waals surface area (Å²) in [6.45, 7) is 0. The second-order valence-corrected chi connectivity index (χ2v) is 17.0. The molecule has 0 unspecified atom stereocenters. The molecule has 67 heavy (non-hydrogen) atoms. The minimum absolute atomic E-state index is 1.10. The van der Waals surface area contributed by atoms with E-state index in [4.69, 9.17) is 0 Å². The van der Waals surface area contributed by atoms with E-state index in [9.17, 15) is 0 Å². The van der Waals surface area contributed by atoms with Crippen LogP contribution in [0.2, 0.25) is 0 Å². The molecule has 12 rings (SSSR count). The van der Waals surface area contributed by atoms with Crippen LogP contribution in [-0.2, 0) is 0 Å². The summed E-state index contributed by atoms with van der Waals surface area (Å²) in [6.07, 6.45) is 0. The van der Waals surface area contributed by atoms with E-state index in [1.165, 1.54) is 43.4 Å². The van der Waals surface area contributed by atoms with Crippen molar-refractivity contribution in [2.45, 2.75) is 0 Å². The Morgan fingerprint density at radius 3 is 0.955 bits per heavy atom. The smallest absolute Gasteiger partial charge is 0.0473 e. The van der Waals surface area contributed by atoms with Crippen molar-refractivity contribution >= 4 is 83.5 Å². The number of para-hydroxylation sites is 6. The third-order valence-electron chi connectivity index (χ3n) is 12.9. The van der Waals surface area contributed by atoms with E-state index in [0.29, 0.717) is 0 Å². The number of rotatable bonds is 11. The SMILES string of the molecule is c1ccc(N(c2ccccc2)c2ccc(-c3cc(-c4cccc(N(c5ccccc5)c5ccccc5)c4)c4ccc5cc(N(c6ccccc6)c6ccccc6)cc6ccc3c4c65)cc2)cc1. The molecule has 0 aliphatic carbocycles. The van der Waals surface area contributed by atoms with E-state index in [1.54, 1.807) is 0 Å². The van der Waals surface area contributed by atoms with Crippen LogP contribution < -0.4 is 14.7 Å². The van der Waals surface area contributed by atoms with Gasteiger partial charge in [0, 0.05) is 51.2 Å². The number of nitrogens with zero attached hydrogens (tertiary/aromatic N) is 3. The van der Waals surface area contributed by atoms with Crippen LogP contribution in [-0.4, -0.2) is 0 Å². The zero-order chi connectivity index (χ0) is 44.5. The third-order valence-corrected chi connectivity index (χ3v) is 12.9. The molecule has 0 aliphatic rings. The van der Waals surface area contributed by atoms with Gasteiger partial charge in [-0.25, -0.2) is 0 Å². The molecule has 0 heterocycles. The van der Waals surface area contributed by atoms with Gasteiger partial charge in [-0.2, -0.15) is 0 Å². The predicted molar refractivity (Wildman–Crippen MR) is 285 cm³/mol. The van der Waals surface area contributed by atoms with Gasteiger partial charge in [0.2, 0.25) is 0 Å². The van der Waals surface area contributed by atoms with Gasteiger partial charge in [0.25, 0.3) is 0 Å². The summed E-state index contributed by atoms with van der Waals surface area (Å²) in [5.74, 6) is 0. The molecule has 0 amide bonds. The molecule has 0 fully saturated rings. The quantitative estimate of drug-likeness (QED) is 0.120. The maximum atomic E-state index is 2.43. The van der Waals surface area contributed by atoms with Gasteiger partial charge < -0.3 is 14.7 Å². The number of hydrogen-bond acceptors (Lipinski definition) is 3. The molecule has 316 valence electrons. The van der Waals surface area contributed by atoms with Crippen LogP contribution in [0.15, 0.2) is 273 Å². The molecule has 0 atom stereocenters. The third kappa shape index (κ3) is 7.39. The fourth-order valence-corrected chi connectivity index (χ4v) is 9.91. The molecular formula is C64H45N3. The second-order valence-electron chi connectivity index (χ2n) is 17.0. The average molecular weight is 856 g/mol. The lowest BCUT2D eigenvalue weighted by molar-refractivity contribution is 1.28. The number of anilines is 9. The summed E-state index contributed by atoms with van der Waals surface area (Å²) in [6, 6.07) is 98.5. The van der Waals surface area contributed by atoms with Crippen LogP contribution in [0.25, 0.3) is 54.6 Å². The van der Waals surface area contributed by atoms with Gasteiger partial charge >= 0.3 is 0 Å². The van der Waals surface area contributed by atoms with E-state index in [2.05, 4.69) is 288 Å². The Morgan fingerprint density at radius 1 is 0.194 bits per heavy atom. The average Bonchev–Trinajstić information content (AvgIpc) is 3.40. The van der Waals surface area contributed by atoms with Gasteiger partial charge in [0.05, 0.1) is 0 Å². The van der Waals surface area contributed by atoms with Crippen molar-refractivity contribution in [1.82, 2.24) is 0 Å². The van der Waals surface area contributed by atoms with E-state index in [0.717, 1.165) is 62.3 Å². The van der Waals surface area contributed by atoms with Crippen molar-refractivity contribution in [1.29, 1.82) is 0 Å². The van der Waals surface area contributed by atoms with Crippen LogP contribution >= 0.6 is 0 Å². The molecule has 0 N–H and O–H groups in total. The highest BCUT2D eigenvalue weighted by Crippen LogP contribution is 2.48. The molecule has 0 spiro atoms. The van der Waals surface area contributed by atoms with E-state index >= 15 is 0 Å². The Labute approximate surface area is 391 Å². The van der Waals surface area contributed by atoms with Gasteiger partial charge in [-0.3, -0.25) is 0 Å². The van der Waals surface area contributed by atoms with E-state index < -0.39 is 0 Å². The van der Waals surface area contributed by atoms with Crippen LogP contribution in [0.1, 0.15) is 0 Å². The zero-order valence-electron chi connectivity index (χ0n) is 36.8. The normalized spacial score (nSPS) is 11.3. The van der Waals surface area contributed by atoms with Crippen LogP contribution in [0, 0.1) is 0 Å². The topological polar surface area (TPSA) is 9.72 Å². The summed E-state index contributed by atoms with van der Waals surface area (Å²) in [7, 11) is 0. The Morgan fingerprint density at radius 2 is 0.537 bits per heavy atom. The van der Waals surface area contributed by atoms with Gasteiger partial charge in [0.1, 0.15) is 0 Å². The van der Waals surface area contributed by atoms with Gasteiger partial charge in [-0.15, -0.1) is 0 Å². The molecule has 0 saturated heterocycles. The predicted octanol–water partition coefficient (Wildman–Crippen LogP) is 18.3.